The Morgan fingerprint density at radius 3 is 2.74 bits per heavy atom. The van der Waals surface area contributed by atoms with Crippen LogP contribution in [0.2, 0.25) is 0 Å². The lowest BCUT2D eigenvalue weighted by Gasteiger charge is -2.28. The van der Waals surface area contributed by atoms with Crippen molar-refractivity contribution < 1.29 is 9.53 Å². The SMILES string of the molecule is CNc1ncc(-c2nc3ccc(N4CCOCC4)cn3n2)c2cc(NC(=O)C3CCC3)ncc12. The largest absolute Gasteiger partial charge is 0.378 e. The molecule has 4 aromatic rings. The molecule has 4 aromatic heterocycles. The van der Waals surface area contributed by atoms with Crippen LogP contribution in [0.3, 0.4) is 0 Å². The number of hydrogen-bond acceptors (Lipinski definition) is 8. The molecule has 2 N–H and O–H groups in total. The Morgan fingerprint density at radius 2 is 1.97 bits per heavy atom. The van der Waals surface area contributed by atoms with E-state index in [2.05, 4.69) is 31.6 Å². The van der Waals surface area contributed by atoms with Crippen molar-refractivity contribution in [2.45, 2.75) is 19.3 Å². The third-order valence-electron chi connectivity index (χ3n) is 6.67. The molecule has 10 nitrogen and oxygen atoms in total. The van der Waals surface area contributed by atoms with Gasteiger partial charge in [0.05, 0.1) is 25.1 Å². The first-order valence-electron chi connectivity index (χ1n) is 11.7. The summed E-state index contributed by atoms with van der Waals surface area (Å²) in [6.45, 7) is 3.17. The molecular formula is C24H26N8O2. The van der Waals surface area contributed by atoms with Gasteiger partial charge in [-0.3, -0.25) is 4.79 Å². The van der Waals surface area contributed by atoms with Gasteiger partial charge in [-0.1, -0.05) is 6.42 Å². The number of rotatable bonds is 5. The van der Waals surface area contributed by atoms with E-state index in [0.717, 1.165) is 73.2 Å². The Morgan fingerprint density at radius 1 is 1.12 bits per heavy atom. The van der Waals surface area contributed by atoms with Gasteiger partial charge in [-0.15, -0.1) is 5.10 Å². The van der Waals surface area contributed by atoms with E-state index in [1.54, 1.807) is 16.9 Å². The van der Waals surface area contributed by atoms with Gasteiger partial charge in [-0.2, -0.15) is 0 Å². The van der Waals surface area contributed by atoms with Gasteiger partial charge in [0.1, 0.15) is 11.6 Å². The summed E-state index contributed by atoms with van der Waals surface area (Å²) in [5.41, 5.74) is 2.63. The number of carbonyl (C=O) groups excluding carboxylic acids is 1. The summed E-state index contributed by atoms with van der Waals surface area (Å²) >= 11 is 0. The number of fused-ring (bicyclic) bond motifs is 2. The lowest BCUT2D eigenvalue weighted by molar-refractivity contribution is -0.122. The number of carbonyl (C=O) groups is 1. The highest BCUT2D eigenvalue weighted by Gasteiger charge is 2.25. The summed E-state index contributed by atoms with van der Waals surface area (Å²) in [7, 11) is 1.82. The Balaban J connectivity index is 1.39. The van der Waals surface area contributed by atoms with Gasteiger partial charge in [0.2, 0.25) is 5.91 Å². The summed E-state index contributed by atoms with van der Waals surface area (Å²) in [5.74, 6) is 1.92. The topological polar surface area (TPSA) is 110 Å². The van der Waals surface area contributed by atoms with E-state index in [1.165, 1.54) is 0 Å². The Hall–Kier alpha value is -3.79. The van der Waals surface area contributed by atoms with Crippen molar-refractivity contribution in [3.8, 4) is 11.4 Å². The zero-order valence-corrected chi connectivity index (χ0v) is 19.0. The molecule has 0 bridgehead atoms. The molecule has 1 aliphatic heterocycles. The molecule has 34 heavy (non-hydrogen) atoms. The predicted molar refractivity (Wildman–Crippen MR) is 130 cm³/mol. The molecule has 6 rings (SSSR count). The number of aromatic nitrogens is 5. The maximum atomic E-state index is 12.5. The molecule has 10 heteroatoms. The minimum atomic E-state index is 0.0315. The number of pyridine rings is 3. The highest BCUT2D eigenvalue weighted by molar-refractivity contribution is 6.03. The van der Waals surface area contributed by atoms with Crippen LogP contribution in [0.4, 0.5) is 17.3 Å². The fraction of sp³-hybridized carbons (Fsp3) is 0.375. The zero-order valence-electron chi connectivity index (χ0n) is 19.0. The van der Waals surface area contributed by atoms with Gasteiger partial charge in [-0.25, -0.2) is 19.5 Å². The van der Waals surface area contributed by atoms with Crippen molar-refractivity contribution in [3.63, 3.8) is 0 Å². The molecule has 5 heterocycles. The van der Waals surface area contributed by atoms with Gasteiger partial charge >= 0.3 is 0 Å². The zero-order chi connectivity index (χ0) is 23.1. The van der Waals surface area contributed by atoms with Crippen molar-refractivity contribution >= 4 is 39.6 Å². The number of amides is 1. The van der Waals surface area contributed by atoms with E-state index in [1.807, 2.05) is 25.4 Å². The van der Waals surface area contributed by atoms with Gasteiger partial charge in [0.15, 0.2) is 11.5 Å². The number of nitrogens with one attached hydrogen (secondary N) is 2. The van der Waals surface area contributed by atoms with Crippen molar-refractivity contribution in [2.24, 2.45) is 5.92 Å². The third-order valence-corrected chi connectivity index (χ3v) is 6.67. The second-order valence-electron chi connectivity index (χ2n) is 8.73. The van der Waals surface area contributed by atoms with Crippen LogP contribution in [0.25, 0.3) is 27.8 Å². The second-order valence-corrected chi connectivity index (χ2v) is 8.73. The van der Waals surface area contributed by atoms with Crippen LogP contribution in [-0.2, 0) is 9.53 Å². The molecule has 0 radical (unpaired) electrons. The third kappa shape index (κ3) is 3.69. The molecule has 1 saturated heterocycles. The molecular weight excluding hydrogens is 432 g/mol. The standard InChI is InChI=1S/C24H26N8O2/c1-25-22-18-12-26-20(28-24(33)15-3-2-4-15)11-17(18)19(13-27-22)23-29-21-6-5-16(14-32(21)30-23)31-7-9-34-10-8-31/h5-6,11-15H,2-4,7-10H2,1H3,(H,25,27)(H,26,28,33). The smallest absolute Gasteiger partial charge is 0.228 e. The van der Waals surface area contributed by atoms with Crippen LogP contribution < -0.4 is 15.5 Å². The monoisotopic (exact) mass is 458 g/mol. The molecule has 0 aromatic carbocycles. The molecule has 2 aliphatic rings. The summed E-state index contributed by atoms with van der Waals surface area (Å²) in [6.07, 6.45) is 8.49. The van der Waals surface area contributed by atoms with E-state index in [4.69, 9.17) is 14.8 Å². The summed E-state index contributed by atoms with van der Waals surface area (Å²) in [5, 5.41) is 12.6. The molecule has 2 fully saturated rings. The summed E-state index contributed by atoms with van der Waals surface area (Å²) < 4.78 is 7.27. The highest BCUT2D eigenvalue weighted by atomic mass is 16.5. The van der Waals surface area contributed by atoms with Crippen LogP contribution in [0.5, 0.6) is 0 Å². The lowest BCUT2D eigenvalue weighted by atomic mass is 9.85. The van der Waals surface area contributed by atoms with E-state index in [0.29, 0.717) is 17.5 Å². The van der Waals surface area contributed by atoms with Crippen LogP contribution >= 0.6 is 0 Å². The average Bonchev–Trinajstić information content (AvgIpc) is 3.25. The number of anilines is 3. The first-order valence-corrected chi connectivity index (χ1v) is 11.7. The maximum Gasteiger partial charge on any atom is 0.228 e. The second kappa shape index (κ2) is 8.53. The molecule has 1 saturated carbocycles. The highest BCUT2D eigenvalue weighted by Crippen LogP contribution is 2.32. The normalized spacial score (nSPS) is 16.6. The minimum Gasteiger partial charge on any atom is -0.378 e. The number of nitrogens with zero attached hydrogens (tertiary/aromatic N) is 6. The number of morpholine rings is 1. The molecule has 0 atom stereocenters. The Kier molecular flexibility index (Phi) is 5.21. The maximum absolute atomic E-state index is 12.5. The van der Waals surface area contributed by atoms with Crippen molar-refractivity contribution in [2.75, 3.05) is 48.9 Å². The molecule has 1 amide bonds. The number of hydrogen-bond donors (Lipinski definition) is 2. The lowest BCUT2D eigenvalue weighted by Crippen LogP contribution is -2.36. The van der Waals surface area contributed by atoms with Crippen molar-refractivity contribution in [3.05, 3.63) is 36.8 Å². The van der Waals surface area contributed by atoms with Crippen molar-refractivity contribution in [1.82, 2.24) is 24.6 Å². The van der Waals surface area contributed by atoms with Crippen LogP contribution in [0.15, 0.2) is 36.8 Å². The Labute approximate surface area is 196 Å². The fourth-order valence-electron chi connectivity index (χ4n) is 4.47. The Bertz CT molecular complexity index is 1370. The summed E-state index contributed by atoms with van der Waals surface area (Å²) in [4.78, 5) is 28.5. The van der Waals surface area contributed by atoms with E-state index >= 15 is 0 Å². The van der Waals surface area contributed by atoms with Gasteiger partial charge in [-0.05, 0) is 31.0 Å². The number of ether oxygens (including phenoxy) is 1. The molecule has 174 valence electrons. The van der Waals surface area contributed by atoms with Gasteiger partial charge in [0, 0.05) is 54.8 Å². The van der Waals surface area contributed by atoms with Crippen LogP contribution in [-0.4, -0.2) is 63.8 Å². The van der Waals surface area contributed by atoms with Crippen LogP contribution in [0.1, 0.15) is 19.3 Å². The summed E-state index contributed by atoms with van der Waals surface area (Å²) in [6, 6.07) is 5.93. The van der Waals surface area contributed by atoms with E-state index in [-0.39, 0.29) is 11.8 Å². The molecule has 0 unspecified atom stereocenters. The molecule has 0 spiro atoms. The predicted octanol–water partition coefficient (Wildman–Crippen LogP) is 2.96. The van der Waals surface area contributed by atoms with Gasteiger partial charge < -0.3 is 20.3 Å². The van der Waals surface area contributed by atoms with E-state index in [9.17, 15) is 4.79 Å². The molecule has 1 aliphatic carbocycles. The van der Waals surface area contributed by atoms with E-state index < -0.39 is 0 Å². The first kappa shape index (κ1) is 20.8. The first-order chi connectivity index (χ1) is 16.7. The average molecular weight is 459 g/mol. The minimum absolute atomic E-state index is 0.0315. The van der Waals surface area contributed by atoms with Gasteiger partial charge in [0.25, 0.3) is 0 Å². The van der Waals surface area contributed by atoms with Crippen LogP contribution in [0, 0.1) is 5.92 Å². The van der Waals surface area contributed by atoms with Crippen molar-refractivity contribution in [1.29, 1.82) is 0 Å². The fourth-order valence-corrected chi connectivity index (χ4v) is 4.47. The quantitative estimate of drug-likeness (QED) is 0.470.